The number of carboxylic acid groups (broad SMARTS) is 1. The Kier molecular flexibility index (Phi) is 6.92. The Morgan fingerprint density at radius 3 is 2.76 bits per heavy atom. The Bertz CT molecular complexity index is 631. The number of carbonyl (C=O) groups is 3. The molecule has 1 aliphatic heterocycles. The van der Waals surface area contributed by atoms with Gasteiger partial charge in [-0.05, 0) is 32.1 Å². The molecule has 1 N–H and O–H groups in total. The predicted octanol–water partition coefficient (Wildman–Crippen LogP) is 2.02. The average molecular weight is 367 g/mol. The van der Waals surface area contributed by atoms with E-state index in [0.717, 1.165) is 24.3 Å². The first-order chi connectivity index (χ1) is 11.9. The monoisotopic (exact) mass is 367 g/mol. The van der Waals surface area contributed by atoms with Crippen LogP contribution in [0.1, 0.15) is 54.2 Å². The van der Waals surface area contributed by atoms with Gasteiger partial charge in [0.1, 0.15) is 11.4 Å². The molecule has 0 aromatic carbocycles. The van der Waals surface area contributed by atoms with Gasteiger partial charge in [-0.1, -0.05) is 6.92 Å². The van der Waals surface area contributed by atoms with Gasteiger partial charge >= 0.3 is 5.97 Å². The first-order valence-corrected chi connectivity index (χ1v) is 9.47. The van der Waals surface area contributed by atoms with E-state index in [-0.39, 0.29) is 24.4 Å². The smallest absolute Gasteiger partial charge is 0.323 e. The van der Waals surface area contributed by atoms with Crippen molar-refractivity contribution in [3.63, 3.8) is 0 Å². The van der Waals surface area contributed by atoms with Crippen LogP contribution in [0.15, 0.2) is 6.20 Å². The van der Waals surface area contributed by atoms with Crippen molar-refractivity contribution in [2.75, 3.05) is 19.6 Å². The normalized spacial score (nSPS) is 17.8. The van der Waals surface area contributed by atoms with Gasteiger partial charge in [-0.2, -0.15) is 0 Å². The molecule has 2 heterocycles. The summed E-state index contributed by atoms with van der Waals surface area (Å²) < 4.78 is 0. The number of hydrogen-bond donors (Lipinski definition) is 1. The largest absolute Gasteiger partial charge is 0.480 e. The highest BCUT2D eigenvalue weighted by atomic mass is 32.1. The second-order valence-corrected chi connectivity index (χ2v) is 7.40. The van der Waals surface area contributed by atoms with Crippen molar-refractivity contribution >= 4 is 29.1 Å². The number of nitrogens with zero attached hydrogens (tertiary/aromatic N) is 3. The van der Waals surface area contributed by atoms with Crippen LogP contribution in [0.2, 0.25) is 0 Å². The van der Waals surface area contributed by atoms with Gasteiger partial charge in [-0.3, -0.25) is 14.4 Å². The van der Waals surface area contributed by atoms with Gasteiger partial charge in [0, 0.05) is 26.1 Å². The maximum Gasteiger partial charge on any atom is 0.323 e. The number of rotatable bonds is 6. The van der Waals surface area contributed by atoms with E-state index in [0.29, 0.717) is 30.8 Å². The van der Waals surface area contributed by atoms with Crippen LogP contribution in [0.3, 0.4) is 0 Å². The highest BCUT2D eigenvalue weighted by molar-refractivity contribution is 7.13. The van der Waals surface area contributed by atoms with Gasteiger partial charge < -0.3 is 14.9 Å². The number of aryl methyl sites for hydroxylation is 1. The molecular weight excluding hydrogens is 342 g/mol. The molecule has 0 bridgehead atoms. The van der Waals surface area contributed by atoms with Crippen LogP contribution >= 0.6 is 11.3 Å². The van der Waals surface area contributed by atoms with Gasteiger partial charge in [-0.15, -0.1) is 11.3 Å². The number of thiazole rings is 1. The lowest BCUT2D eigenvalue weighted by atomic mass is 10.1. The van der Waals surface area contributed by atoms with Crippen LogP contribution in [0, 0.1) is 0 Å². The lowest BCUT2D eigenvalue weighted by Gasteiger charge is -2.28. The Morgan fingerprint density at radius 2 is 2.12 bits per heavy atom. The minimum atomic E-state index is -1.01. The number of amides is 2. The maximum absolute atomic E-state index is 12.7. The Hall–Kier alpha value is -1.96. The number of carboxylic acids is 1. The maximum atomic E-state index is 12.7. The van der Waals surface area contributed by atoms with E-state index in [1.54, 1.807) is 11.1 Å². The number of aliphatic carboxylic acids is 1. The number of aromatic nitrogens is 1. The fraction of sp³-hybridized carbons (Fsp3) is 0.647. The molecule has 0 saturated carbocycles. The van der Waals surface area contributed by atoms with E-state index in [1.165, 1.54) is 23.2 Å². The summed E-state index contributed by atoms with van der Waals surface area (Å²) in [5, 5.41) is 9.98. The van der Waals surface area contributed by atoms with Gasteiger partial charge in [0.25, 0.3) is 5.91 Å². The molecule has 1 fully saturated rings. The van der Waals surface area contributed by atoms with Crippen molar-refractivity contribution in [2.24, 2.45) is 0 Å². The van der Waals surface area contributed by atoms with Crippen molar-refractivity contribution < 1.29 is 19.5 Å². The Labute approximate surface area is 151 Å². The highest BCUT2D eigenvalue weighted by Gasteiger charge is 2.28. The van der Waals surface area contributed by atoms with E-state index in [2.05, 4.69) is 11.9 Å². The lowest BCUT2D eigenvalue weighted by Crippen LogP contribution is -2.43. The third-order valence-corrected chi connectivity index (χ3v) is 5.41. The predicted molar refractivity (Wildman–Crippen MR) is 94.7 cm³/mol. The summed E-state index contributed by atoms with van der Waals surface area (Å²) in [6.45, 7) is 4.32. The number of hydrogen-bond acceptors (Lipinski definition) is 5. The van der Waals surface area contributed by atoms with Crippen molar-refractivity contribution in [1.29, 1.82) is 0 Å². The molecule has 1 aliphatic rings. The summed E-state index contributed by atoms with van der Waals surface area (Å²) in [4.78, 5) is 43.6. The molecule has 1 saturated heterocycles. The molecular formula is C17H25N3O4S. The fourth-order valence-corrected chi connectivity index (χ4v) is 4.12. The van der Waals surface area contributed by atoms with Crippen molar-refractivity contribution in [3.05, 3.63) is 16.1 Å². The second-order valence-electron chi connectivity index (χ2n) is 6.29. The molecule has 2 amide bonds. The zero-order valence-corrected chi connectivity index (χ0v) is 15.5. The first-order valence-electron chi connectivity index (χ1n) is 8.65. The second kappa shape index (κ2) is 8.94. The third-order valence-electron chi connectivity index (χ3n) is 4.36. The van der Waals surface area contributed by atoms with Crippen LogP contribution in [0.5, 0.6) is 0 Å². The number of carbonyl (C=O) groups excluding carboxylic acids is 2. The molecule has 0 spiro atoms. The zero-order valence-electron chi connectivity index (χ0n) is 14.7. The Balaban J connectivity index is 2.00. The van der Waals surface area contributed by atoms with Crippen molar-refractivity contribution in [3.8, 4) is 0 Å². The molecule has 2 rings (SSSR count). The van der Waals surface area contributed by atoms with Crippen LogP contribution in [-0.2, 0) is 16.0 Å². The van der Waals surface area contributed by atoms with E-state index in [9.17, 15) is 14.4 Å². The van der Waals surface area contributed by atoms with E-state index < -0.39 is 5.97 Å². The minimum absolute atomic E-state index is 0.0203. The molecule has 0 aliphatic carbocycles. The summed E-state index contributed by atoms with van der Waals surface area (Å²) >= 11 is 1.44. The summed E-state index contributed by atoms with van der Waals surface area (Å²) in [5.74, 6) is -1.27. The van der Waals surface area contributed by atoms with Crippen LogP contribution < -0.4 is 0 Å². The highest BCUT2D eigenvalue weighted by Crippen LogP contribution is 2.21. The molecule has 1 atom stereocenters. The molecule has 7 nitrogen and oxygen atoms in total. The topological polar surface area (TPSA) is 90.8 Å². The van der Waals surface area contributed by atoms with E-state index in [1.807, 2.05) is 0 Å². The summed E-state index contributed by atoms with van der Waals surface area (Å²) in [7, 11) is 0. The van der Waals surface area contributed by atoms with Crippen molar-refractivity contribution in [2.45, 2.75) is 52.0 Å². The molecule has 8 heteroatoms. The Morgan fingerprint density at radius 1 is 1.36 bits per heavy atom. The minimum Gasteiger partial charge on any atom is -0.480 e. The molecule has 0 radical (unpaired) electrons. The summed E-state index contributed by atoms with van der Waals surface area (Å²) in [5.41, 5.74) is 0. The van der Waals surface area contributed by atoms with Gasteiger partial charge in [0.15, 0.2) is 0 Å². The van der Waals surface area contributed by atoms with Gasteiger partial charge in [-0.25, -0.2) is 4.98 Å². The SMILES string of the molecule is CCCc1ncc(C(=O)N2CCC[C@@H](N(CC(=O)O)C(C)=O)CC2)s1. The lowest BCUT2D eigenvalue weighted by molar-refractivity contribution is -0.145. The molecule has 138 valence electrons. The fourth-order valence-electron chi connectivity index (χ4n) is 3.13. The third kappa shape index (κ3) is 5.26. The van der Waals surface area contributed by atoms with Crippen LogP contribution in [0.4, 0.5) is 0 Å². The average Bonchev–Trinajstić information content (AvgIpc) is 2.88. The van der Waals surface area contributed by atoms with Gasteiger partial charge in [0.05, 0.1) is 11.2 Å². The summed E-state index contributed by atoms with van der Waals surface area (Å²) in [6, 6.07) is -0.136. The zero-order chi connectivity index (χ0) is 18.4. The summed E-state index contributed by atoms with van der Waals surface area (Å²) in [6.07, 6.45) is 5.58. The van der Waals surface area contributed by atoms with Crippen LogP contribution in [0.25, 0.3) is 0 Å². The number of likely N-dealkylation sites (tertiary alicyclic amines) is 1. The van der Waals surface area contributed by atoms with Crippen LogP contribution in [-0.4, -0.2) is 63.4 Å². The molecule has 25 heavy (non-hydrogen) atoms. The van der Waals surface area contributed by atoms with Crippen molar-refractivity contribution in [1.82, 2.24) is 14.8 Å². The molecule has 1 aromatic rings. The van der Waals surface area contributed by atoms with E-state index in [4.69, 9.17) is 5.11 Å². The quantitative estimate of drug-likeness (QED) is 0.831. The first kappa shape index (κ1) is 19.4. The molecule has 0 unspecified atom stereocenters. The standard InChI is InChI=1S/C17H25N3O4S/c1-3-5-15-18-10-14(25-15)17(24)19-8-4-6-13(7-9-19)20(12(2)21)11-16(22)23/h10,13H,3-9,11H2,1-2H3,(H,22,23)/t13-/m1/s1. The van der Waals surface area contributed by atoms with E-state index >= 15 is 0 Å². The van der Waals surface area contributed by atoms with Gasteiger partial charge in [0.2, 0.25) is 5.91 Å². The molecule has 1 aromatic heterocycles.